The molecule has 7 nitrogen and oxygen atoms in total. The molecule has 18 heavy (non-hydrogen) atoms. The number of hydrogen-bond acceptors (Lipinski definition) is 6. The predicted octanol–water partition coefficient (Wildman–Crippen LogP) is -0.665. The molecule has 2 aliphatic rings. The maximum absolute atomic E-state index is 11.0. The second-order valence-electron chi connectivity index (χ2n) is 4.95. The van der Waals surface area contributed by atoms with E-state index in [-0.39, 0.29) is 25.0 Å². The molecule has 3 N–H and O–H groups in total. The average molecular weight is 261 g/mol. The Hall–Kier alpha value is -0.730. The lowest BCUT2D eigenvalue weighted by atomic mass is 9.72. The third-order valence-electron chi connectivity index (χ3n) is 3.40. The van der Waals surface area contributed by atoms with Crippen LogP contribution in [0.3, 0.4) is 0 Å². The molecule has 0 aromatic carbocycles. The van der Waals surface area contributed by atoms with Gasteiger partial charge in [-0.25, -0.2) is 0 Å². The molecule has 1 aliphatic heterocycles. The van der Waals surface area contributed by atoms with Crippen molar-refractivity contribution in [3.8, 4) is 0 Å². The third kappa shape index (κ3) is 2.24. The number of carboxylic acid groups (broad SMARTS) is 1. The van der Waals surface area contributed by atoms with Gasteiger partial charge in [-0.1, -0.05) is 0 Å². The molecule has 1 aliphatic carbocycles. The lowest BCUT2D eigenvalue weighted by molar-refractivity contribution is -0.254. The van der Waals surface area contributed by atoms with Gasteiger partial charge in [0.05, 0.1) is 13.2 Å². The van der Waals surface area contributed by atoms with Crippen molar-refractivity contribution in [3.63, 3.8) is 0 Å². The first-order valence-corrected chi connectivity index (χ1v) is 5.80. The first-order valence-electron chi connectivity index (χ1n) is 5.80. The van der Waals surface area contributed by atoms with E-state index in [9.17, 15) is 4.79 Å². The van der Waals surface area contributed by atoms with Gasteiger partial charge in [-0.05, 0) is 0 Å². The van der Waals surface area contributed by atoms with Crippen molar-refractivity contribution in [2.45, 2.75) is 36.4 Å². The Labute approximate surface area is 105 Å². The van der Waals surface area contributed by atoms with Gasteiger partial charge in [0, 0.05) is 27.1 Å². The Morgan fingerprint density at radius 3 is 2.06 bits per heavy atom. The van der Waals surface area contributed by atoms with Crippen LogP contribution in [0.4, 0.5) is 0 Å². The highest BCUT2D eigenvalue weighted by atomic mass is 16.8. The van der Waals surface area contributed by atoms with Crippen LogP contribution in [-0.4, -0.2) is 62.0 Å². The molecule has 2 rings (SSSR count). The van der Waals surface area contributed by atoms with Crippen LogP contribution in [0.2, 0.25) is 0 Å². The second kappa shape index (κ2) is 4.75. The van der Waals surface area contributed by atoms with Crippen molar-refractivity contribution >= 4 is 5.97 Å². The molecule has 1 spiro atoms. The smallest absolute Gasteiger partial charge is 0.324 e. The SMILES string of the molecule is COC[C@@H]1OC2(CC(N)(C(=O)O)C2)O[C@H]1COC. The van der Waals surface area contributed by atoms with Gasteiger partial charge in [0.15, 0.2) is 5.79 Å². The molecule has 0 amide bonds. The van der Waals surface area contributed by atoms with E-state index in [0.717, 1.165) is 0 Å². The largest absolute Gasteiger partial charge is 0.480 e. The van der Waals surface area contributed by atoms with E-state index in [1.807, 2.05) is 0 Å². The summed E-state index contributed by atoms with van der Waals surface area (Å²) < 4.78 is 21.6. The lowest BCUT2D eigenvalue weighted by Gasteiger charge is -2.47. The van der Waals surface area contributed by atoms with Gasteiger partial charge in [-0.2, -0.15) is 0 Å². The van der Waals surface area contributed by atoms with E-state index in [2.05, 4.69) is 0 Å². The second-order valence-corrected chi connectivity index (χ2v) is 4.95. The summed E-state index contributed by atoms with van der Waals surface area (Å²) in [5, 5.41) is 8.99. The van der Waals surface area contributed by atoms with Crippen molar-refractivity contribution in [3.05, 3.63) is 0 Å². The van der Waals surface area contributed by atoms with E-state index in [1.165, 1.54) is 0 Å². The summed E-state index contributed by atoms with van der Waals surface area (Å²) in [5.41, 5.74) is 4.47. The summed E-state index contributed by atoms with van der Waals surface area (Å²) in [6, 6.07) is 0. The minimum absolute atomic E-state index is 0.149. The van der Waals surface area contributed by atoms with Crippen LogP contribution in [-0.2, 0) is 23.7 Å². The fourth-order valence-electron chi connectivity index (χ4n) is 2.57. The number of rotatable bonds is 5. The number of nitrogens with two attached hydrogens (primary N) is 1. The number of methoxy groups -OCH3 is 2. The monoisotopic (exact) mass is 261 g/mol. The molecule has 7 heteroatoms. The molecule has 0 aromatic rings. The van der Waals surface area contributed by atoms with Gasteiger partial charge >= 0.3 is 5.97 Å². The Morgan fingerprint density at radius 1 is 1.28 bits per heavy atom. The standard InChI is InChI=1S/C11H19NO6/c1-15-3-7-8(4-16-2)18-11(17-7)5-10(12,6-11)9(13)14/h7-8H,3-6,12H2,1-2H3,(H,13,14)/t7-,8-/m0/s1. The molecule has 104 valence electrons. The van der Waals surface area contributed by atoms with Crippen LogP contribution >= 0.6 is 0 Å². The summed E-state index contributed by atoms with van der Waals surface area (Å²) in [5.74, 6) is -1.92. The number of hydrogen-bond donors (Lipinski definition) is 2. The number of ether oxygens (including phenoxy) is 4. The normalized spacial score (nSPS) is 32.4. The van der Waals surface area contributed by atoms with Crippen molar-refractivity contribution in [2.75, 3.05) is 27.4 Å². The molecular weight excluding hydrogens is 242 g/mol. The van der Waals surface area contributed by atoms with Gasteiger partial charge in [-0.15, -0.1) is 0 Å². The lowest BCUT2D eigenvalue weighted by Crippen LogP contribution is -2.67. The topological polar surface area (TPSA) is 100 Å². The summed E-state index contributed by atoms with van der Waals surface area (Å²) >= 11 is 0. The van der Waals surface area contributed by atoms with Crippen molar-refractivity contribution in [1.82, 2.24) is 0 Å². The van der Waals surface area contributed by atoms with Crippen LogP contribution in [0.5, 0.6) is 0 Å². The van der Waals surface area contributed by atoms with Crippen molar-refractivity contribution in [1.29, 1.82) is 0 Å². The molecular formula is C11H19NO6. The van der Waals surface area contributed by atoms with E-state index in [1.54, 1.807) is 14.2 Å². The van der Waals surface area contributed by atoms with E-state index >= 15 is 0 Å². The summed E-state index contributed by atoms with van der Waals surface area (Å²) in [4.78, 5) is 11.0. The fourth-order valence-corrected chi connectivity index (χ4v) is 2.57. The van der Waals surface area contributed by atoms with E-state index in [0.29, 0.717) is 13.2 Å². The minimum Gasteiger partial charge on any atom is -0.480 e. The zero-order valence-corrected chi connectivity index (χ0v) is 10.5. The number of aliphatic carboxylic acids is 1. The zero-order chi connectivity index (χ0) is 13.4. The Morgan fingerprint density at radius 2 is 1.72 bits per heavy atom. The van der Waals surface area contributed by atoms with Gasteiger partial charge in [0.25, 0.3) is 0 Å². The van der Waals surface area contributed by atoms with Gasteiger partial charge in [-0.3, -0.25) is 4.79 Å². The first-order chi connectivity index (χ1) is 8.45. The summed E-state index contributed by atoms with van der Waals surface area (Å²) in [7, 11) is 3.15. The zero-order valence-electron chi connectivity index (χ0n) is 10.5. The van der Waals surface area contributed by atoms with E-state index < -0.39 is 17.3 Å². The van der Waals surface area contributed by atoms with Gasteiger partial charge < -0.3 is 29.8 Å². The molecule has 0 aromatic heterocycles. The average Bonchev–Trinajstić information content (AvgIpc) is 2.57. The van der Waals surface area contributed by atoms with Crippen LogP contribution < -0.4 is 5.73 Å². The first kappa shape index (κ1) is 13.7. The molecule has 1 saturated heterocycles. The fraction of sp³-hybridized carbons (Fsp3) is 0.909. The highest BCUT2D eigenvalue weighted by Crippen LogP contribution is 2.49. The van der Waals surface area contributed by atoms with Crippen molar-refractivity contribution in [2.24, 2.45) is 5.73 Å². The Bertz CT molecular complexity index is 311. The van der Waals surface area contributed by atoms with Crippen LogP contribution in [0, 0.1) is 0 Å². The van der Waals surface area contributed by atoms with Crippen LogP contribution in [0.15, 0.2) is 0 Å². The third-order valence-corrected chi connectivity index (χ3v) is 3.40. The van der Waals surface area contributed by atoms with Crippen molar-refractivity contribution < 1.29 is 28.8 Å². The molecule has 0 unspecified atom stereocenters. The number of carbonyl (C=O) groups is 1. The molecule has 2 fully saturated rings. The van der Waals surface area contributed by atoms with Gasteiger partial charge in [0.1, 0.15) is 17.7 Å². The highest BCUT2D eigenvalue weighted by Gasteiger charge is 2.64. The maximum atomic E-state index is 11.0. The molecule has 0 bridgehead atoms. The highest BCUT2D eigenvalue weighted by molar-refractivity contribution is 5.80. The predicted molar refractivity (Wildman–Crippen MR) is 60.0 cm³/mol. The summed E-state index contributed by atoms with van der Waals surface area (Å²) in [6.45, 7) is 0.751. The van der Waals surface area contributed by atoms with Gasteiger partial charge in [0.2, 0.25) is 0 Å². The Balaban J connectivity index is 1.99. The molecule has 0 radical (unpaired) electrons. The van der Waals surface area contributed by atoms with E-state index in [4.69, 9.17) is 29.8 Å². The minimum atomic E-state index is -1.25. The van der Waals surface area contributed by atoms with Crippen LogP contribution in [0.25, 0.3) is 0 Å². The molecule has 1 heterocycles. The summed E-state index contributed by atoms with van der Waals surface area (Å²) in [6.07, 6.45) is -0.215. The quantitative estimate of drug-likeness (QED) is 0.677. The Kier molecular flexibility index (Phi) is 3.61. The molecule has 2 atom stereocenters. The molecule has 1 saturated carbocycles. The number of carboxylic acids is 1. The van der Waals surface area contributed by atoms with Crippen LogP contribution in [0.1, 0.15) is 12.8 Å². The maximum Gasteiger partial charge on any atom is 0.324 e.